The van der Waals surface area contributed by atoms with E-state index in [0.29, 0.717) is 12.1 Å². The smallest absolute Gasteiger partial charge is 0.295 e. The molecule has 4 aliphatic carbocycles. The van der Waals surface area contributed by atoms with Gasteiger partial charge in [-0.2, -0.15) is 0 Å². The zero-order valence-electron chi connectivity index (χ0n) is 17.1. The third kappa shape index (κ3) is 3.20. The Morgan fingerprint density at radius 2 is 1.83 bits per heavy atom. The zero-order chi connectivity index (χ0) is 20.4. The van der Waals surface area contributed by atoms with Gasteiger partial charge in [-0.05, 0) is 74.8 Å². The molecule has 1 amide bonds. The molecule has 6 rings (SSSR count). The molecule has 1 N–H and O–H groups in total. The molecule has 4 bridgehead atoms. The Balaban J connectivity index is 1.39. The molecule has 154 valence electrons. The summed E-state index contributed by atoms with van der Waals surface area (Å²) in [7, 11) is 1.85. The minimum Gasteiger partial charge on any atom is -0.320 e. The number of hydrogen-bond acceptors (Lipinski definition) is 2. The molecule has 0 aliphatic heterocycles. The van der Waals surface area contributed by atoms with Gasteiger partial charge < -0.3 is 5.32 Å². The number of para-hydroxylation sites is 1. The van der Waals surface area contributed by atoms with Gasteiger partial charge >= 0.3 is 0 Å². The number of nitrogens with zero attached hydrogens (tertiary/aromatic N) is 2. The van der Waals surface area contributed by atoms with Gasteiger partial charge in [0.25, 0.3) is 5.56 Å². The van der Waals surface area contributed by atoms with Crippen LogP contribution in [0.4, 0.5) is 5.69 Å². The van der Waals surface area contributed by atoms with Crippen molar-refractivity contribution in [2.24, 2.45) is 24.3 Å². The minimum atomic E-state index is -0.174. The fourth-order valence-electron chi connectivity index (χ4n) is 6.78. The molecule has 5 nitrogen and oxygen atoms in total. The summed E-state index contributed by atoms with van der Waals surface area (Å²) in [5, 5.41) is 2.99. The number of halogens is 1. The highest BCUT2D eigenvalue weighted by Gasteiger charge is 2.57. The quantitative estimate of drug-likeness (QED) is 0.684. The van der Waals surface area contributed by atoms with E-state index in [9.17, 15) is 9.59 Å². The molecule has 4 fully saturated rings. The maximum absolute atomic E-state index is 13.1. The highest BCUT2D eigenvalue weighted by molar-refractivity contribution is 9.10. The van der Waals surface area contributed by atoms with Gasteiger partial charge in [0, 0.05) is 17.8 Å². The van der Waals surface area contributed by atoms with Crippen LogP contribution in [0.2, 0.25) is 0 Å². The average Bonchev–Trinajstić information content (AvgIpc) is 2.83. The van der Waals surface area contributed by atoms with E-state index in [-0.39, 0.29) is 21.2 Å². The van der Waals surface area contributed by atoms with Gasteiger partial charge in [-0.25, -0.2) is 4.68 Å². The lowest BCUT2D eigenvalue weighted by molar-refractivity contribution is -0.123. The Bertz CT molecular complexity index is 1010. The van der Waals surface area contributed by atoms with Gasteiger partial charge in [0.1, 0.15) is 5.69 Å². The summed E-state index contributed by atoms with van der Waals surface area (Å²) in [6.07, 6.45) is 7.77. The number of carbonyl (C=O) groups excluding carboxylic acids is 1. The molecule has 4 aliphatic rings. The predicted octanol–water partition coefficient (Wildman–Crippen LogP) is 4.55. The van der Waals surface area contributed by atoms with Gasteiger partial charge in [-0.3, -0.25) is 14.3 Å². The van der Waals surface area contributed by atoms with E-state index in [2.05, 4.69) is 21.2 Å². The Kier molecular flexibility index (Phi) is 4.36. The fourth-order valence-corrected chi connectivity index (χ4v) is 8.29. The molecule has 0 radical (unpaired) electrons. The predicted molar refractivity (Wildman–Crippen MR) is 118 cm³/mol. The molecule has 4 saturated carbocycles. The van der Waals surface area contributed by atoms with Crippen LogP contribution in [0.25, 0.3) is 5.69 Å². The minimum absolute atomic E-state index is 0.0194. The van der Waals surface area contributed by atoms with Crippen molar-refractivity contribution in [3.8, 4) is 5.69 Å². The van der Waals surface area contributed by atoms with Gasteiger partial charge in [-0.15, -0.1) is 0 Å². The molecule has 1 heterocycles. The SMILES string of the molecule is Cc1c(NC(=O)CC23CC4CC(CC(Br)(C4)C2)C3)c(=O)n(-c2ccccc2)n1C. The topological polar surface area (TPSA) is 56.0 Å². The molecule has 2 unspecified atom stereocenters. The Labute approximate surface area is 179 Å². The molecule has 0 saturated heterocycles. The lowest BCUT2D eigenvalue weighted by Crippen LogP contribution is -2.53. The lowest BCUT2D eigenvalue weighted by atomic mass is 9.48. The summed E-state index contributed by atoms with van der Waals surface area (Å²) in [6.45, 7) is 1.88. The molecule has 29 heavy (non-hydrogen) atoms. The van der Waals surface area contributed by atoms with Crippen molar-refractivity contribution in [1.29, 1.82) is 0 Å². The first kappa shape index (κ1) is 19.2. The summed E-state index contributed by atoms with van der Waals surface area (Å²) < 4.78 is 3.66. The fraction of sp³-hybridized carbons (Fsp3) is 0.565. The number of rotatable bonds is 4. The van der Waals surface area contributed by atoms with E-state index in [1.165, 1.54) is 19.3 Å². The summed E-state index contributed by atoms with van der Waals surface area (Å²) in [5.41, 5.74) is 1.89. The van der Waals surface area contributed by atoms with Crippen molar-refractivity contribution in [2.75, 3.05) is 5.32 Å². The van der Waals surface area contributed by atoms with Gasteiger partial charge in [0.05, 0.1) is 11.4 Å². The van der Waals surface area contributed by atoms with E-state index in [1.807, 2.05) is 49.0 Å². The van der Waals surface area contributed by atoms with Crippen LogP contribution >= 0.6 is 15.9 Å². The van der Waals surface area contributed by atoms with Crippen molar-refractivity contribution in [3.05, 3.63) is 46.4 Å². The van der Waals surface area contributed by atoms with Crippen molar-refractivity contribution in [1.82, 2.24) is 9.36 Å². The second-order valence-corrected chi connectivity index (χ2v) is 11.5. The number of aromatic nitrogens is 2. The number of hydrogen-bond donors (Lipinski definition) is 1. The van der Waals surface area contributed by atoms with E-state index < -0.39 is 0 Å². The van der Waals surface area contributed by atoms with Crippen LogP contribution in [0.1, 0.15) is 50.6 Å². The average molecular weight is 458 g/mol. The Morgan fingerprint density at radius 1 is 1.17 bits per heavy atom. The third-order valence-corrected chi connectivity index (χ3v) is 8.39. The lowest BCUT2D eigenvalue weighted by Gasteiger charge is -2.60. The molecule has 2 atom stereocenters. The highest BCUT2D eigenvalue weighted by atomic mass is 79.9. The first-order valence-corrected chi connectivity index (χ1v) is 11.4. The first-order valence-electron chi connectivity index (χ1n) is 10.6. The molecule has 2 aromatic rings. The number of carbonyl (C=O) groups is 1. The monoisotopic (exact) mass is 457 g/mol. The van der Waals surface area contributed by atoms with E-state index in [1.54, 1.807) is 4.68 Å². The normalized spacial score (nSPS) is 32.5. The number of nitrogens with one attached hydrogen (secondary N) is 1. The largest absolute Gasteiger partial charge is 0.320 e. The van der Waals surface area contributed by atoms with Gasteiger partial charge in [-0.1, -0.05) is 34.1 Å². The molecular formula is C23H28BrN3O2. The van der Waals surface area contributed by atoms with Crippen LogP contribution in [0.15, 0.2) is 35.1 Å². The van der Waals surface area contributed by atoms with E-state index in [4.69, 9.17) is 0 Å². The molecular weight excluding hydrogens is 430 g/mol. The van der Waals surface area contributed by atoms with Crippen molar-refractivity contribution in [2.45, 2.75) is 56.2 Å². The Hall–Kier alpha value is -1.82. The number of benzene rings is 1. The maximum atomic E-state index is 13.1. The van der Waals surface area contributed by atoms with Crippen LogP contribution < -0.4 is 10.9 Å². The van der Waals surface area contributed by atoms with Gasteiger partial charge in [0.2, 0.25) is 5.91 Å². The van der Waals surface area contributed by atoms with Crippen LogP contribution in [-0.4, -0.2) is 19.6 Å². The number of anilines is 1. The number of alkyl halides is 1. The van der Waals surface area contributed by atoms with E-state index >= 15 is 0 Å². The maximum Gasteiger partial charge on any atom is 0.295 e. The number of amides is 1. The van der Waals surface area contributed by atoms with Crippen molar-refractivity contribution < 1.29 is 4.79 Å². The van der Waals surface area contributed by atoms with E-state index in [0.717, 1.165) is 42.5 Å². The summed E-state index contributed by atoms with van der Waals surface area (Å²) >= 11 is 4.02. The molecule has 1 aromatic carbocycles. The van der Waals surface area contributed by atoms with Crippen LogP contribution in [0, 0.1) is 24.2 Å². The second kappa shape index (κ2) is 6.59. The summed E-state index contributed by atoms with van der Waals surface area (Å²) in [4.78, 5) is 26.2. The van der Waals surface area contributed by atoms with Crippen LogP contribution in [0.5, 0.6) is 0 Å². The zero-order valence-corrected chi connectivity index (χ0v) is 18.7. The summed E-state index contributed by atoms with van der Waals surface area (Å²) in [6, 6.07) is 9.54. The molecule has 6 heteroatoms. The van der Waals surface area contributed by atoms with Crippen molar-refractivity contribution >= 4 is 27.5 Å². The van der Waals surface area contributed by atoms with Gasteiger partial charge in [0.15, 0.2) is 0 Å². The summed E-state index contributed by atoms with van der Waals surface area (Å²) in [5.74, 6) is 1.48. The van der Waals surface area contributed by atoms with Crippen LogP contribution in [-0.2, 0) is 11.8 Å². The third-order valence-electron chi connectivity index (χ3n) is 7.47. The second-order valence-electron chi connectivity index (χ2n) is 9.77. The Morgan fingerprint density at radius 3 is 2.45 bits per heavy atom. The van der Waals surface area contributed by atoms with Crippen LogP contribution in [0.3, 0.4) is 0 Å². The molecule has 1 aromatic heterocycles. The highest BCUT2D eigenvalue weighted by Crippen LogP contribution is 2.65. The van der Waals surface area contributed by atoms with Crippen molar-refractivity contribution in [3.63, 3.8) is 0 Å². The molecule has 0 spiro atoms. The first-order chi connectivity index (χ1) is 13.8. The standard InChI is InChI=1S/C23H28BrN3O2/c1-15-20(21(29)27(26(15)2)18-6-4-3-5-7-18)25-19(28)13-22-9-16-8-17(10-22)12-23(24,11-16)14-22/h3-7,16-17H,8-14H2,1-2H3,(H,25,28).